The normalized spacial score (nSPS) is 10.7. The predicted molar refractivity (Wildman–Crippen MR) is 108 cm³/mol. The van der Waals surface area contributed by atoms with Gasteiger partial charge < -0.3 is 15.0 Å². The van der Waals surface area contributed by atoms with E-state index in [1.807, 2.05) is 26.2 Å². The summed E-state index contributed by atoms with van der Waals surface area (Å²) in [6.07, 6.45) is 0. The molecule has 0 saturated carbocycles. The standard InChI is InChI=1S/C23H23FN2O2/c1-26(2)16-18-5-3-17(4-6-18)15-25-23(27)19-7-11-21(12-8-19)28-22-13-9-20(24)10-14-22/h3-14H,15-16H2,1-2H3,(H,25,27). The molecule has 0 atom stereocenters. The van der Waals surface area contributed by atoms with E-state index in [0.717, 1.165) is 12.1 Å². The van der Waals surface area contributed by atoms with Crippen LogP contribution in [0.3, 0.4) is 0 Å². The number of nitrogens with zero attached hydrogens (tertiary/aromatic N) is 1. The van der Waals surface area contributed by atoms with E-state index in [4.69, 9.17) is 4.74 Å². The van der Waals surface area contributed by atoms with Gasteiger partial charge in [0.15, 0.2) is 0 Å². The van der Waals surface area contributed by atoms with Crippen molar-refractivity contribution in [2.24, 2.45) is 0 Å². The lowest BCUT2D eigenvalue weighted by molar-refractivity contribution is 0.0951. The Hall–Kier alpha value is -3.18. The van der Waals surface area contributed by atoms with Crippen LogP contribution >= 0.6 is 0 Å². The minimum absolute atomic E-state index is 0.147. The molecule has 0 bridgehead atoms. The highest BCUT2D eigenvalue weighted by molar-refractivity contribution is 5.94. The van der Waals surface area contributed by atoms with Crippen molar-refractivity contribution in [1.29, 1.82) is 0 Å². The molecule has 28 heavy (non-hydrogen) atoms. The van der Waals surface area contributed by atoms with E-state index in [0.29, 0.717) is 23.6 Å². The number of ether oxygens (including phenoxy) is 1. The molecule has 3 aromatic rings. The molecule has 0 aromatic heterocycles. The molecule has 1 amide bonds. The van der Waals surface area contributed by atoms with Crippen LogP contribution in [0.2, 0.25) is 0 Å². The average Bonchev–Trinajstić information content (AvgIpc) is 2.69. The molecule has 0 saturated heterocycles. The number of hydrogen-bond donors (Lipinski definition) is 1. The highest BCUT2D eigenvalue weighted by Gasteiger charge is 2.06. The van der Waals surface area contributed by atoms with Crippen molar-refractivity contribution in [1.82, 2.24) is 10.2 Å². The van der Waals surface area contributed by atoms with Gasteiger partial charge in [-0.15, -0.1) is 0 Å². The Morgan fingerprint density at radius 3 is 1.96 bits per heavy atom. The minimum atomic E-state index is -0.313. The zero-order valence-corrected chi connectivity index (χ0v) is 16.0. The molecule has 3 aromatic carbocycles. The van der Waals surface area contributed by atoms with Crippen LogP contribution in [0, 0.1) is 5.82 Å². The maximum absolute atomic E-state index is 12.9. The topological polar surface area (TPSA) is 41.6 Å². The van der Waals surface area contributed by atoms with E-state index in [2.05, 4.69) is 22.3 Å². The van der Waals surface area contributed by atoms with Gasteiger partial charge in [-0.2, -0.15) is 0 Å². The summed E-state index contributed by atoms with van der Waals surface area (Å²) < 4.78 is 18.6. The third-order valence-corrected chi connectivity index (χ3v) is 4.14. The van der Waals surface area contributed by atoms with Crippen LogP contribution in [0.15, 0.2) is 72.8 Å². The molecule has 0 heterocycles. The van der Waals surface area contributed by atoms with Gasteiger partial charge in [-0.05, 0) is 73.8 Å². The number of rotatable bonds is 7. The monoisotopic (exact) mass is 378 g/mol. The quantitative estimate of drug-likeness (QED) is 0.653. The summed E-state index contributed by atoms with van der Waals surface area (Å²) in [6.45, 7) is 1.36. The highest BCUT2D eigenvalue weighted by Crippen LogP contribution is 2.21. The van der Waals surface area contributed by atoms with Gasteiger partial charge >= 0.3 is 0 Å². The molecule has 0 radical (unpaired) electrons. The smallest absolute Gasteiger partial charge is 0.251 e. The largest absolute Gasteiger partial charge is 0.457 e. The van der Waals surface area contributed by atoms with Crippen LogP contribution in [0.1, 0.15) is 21.5 Å². The highest BCUT2D eigenvalue weighted by atomic mass is 19.1. The van der Waals surface area contributed by atoms with Crippen LogP contribution in [0.4, 0.5) is 4.39 Å². The van der Waals surface area contributed by atoms with Crippen molar-refractivity contribution >= 4 is 5.91 Å². The average molecular weight is 378 g/mol. The Balaban J connectivity index is 1.53. The SMILES string of the molecule is CN(C)Cc1ccc(CNC(=O)c2ccc(Oc3ccc(F)cc3)cc2)cc1. The van der Waals surface area contributed by atoms with Crippen LogP contribution in [0.5, 0.6) is 11.5 Å². The van der Waals surface area contributed by atoms with Crippen molar-refractivity contribution < 1.29 is 13.9 Å². The number of carbonyl (C=O) groups is 1. The Morgan fingerprint density at radius 2 is 1.39 bits per heavy atom. The molecule has 5 heteroatoms. The van der Waals surface area contributed by atoms with Gasteiger partial charge in [0.1, 0.15) is 17.3 Å². The Bertz CT molecular complexity index is 905. The summed E-state index contributed by atoms with van der Waals surface area (Å²) >= 11 is 0. The first kappa shape index (κ1) is 19.6. The van der Waals surface area contributed by atoms with Crippen LogP contribution in [-0.4, -0.2) is 24.9 Å². The van der Waals surface area contributed by atoms with Gasteiger partial charge in [-0.1, -0.05) is 24.3 Å². The van der Waals surface area contributed by atoms with Crippen molar-refractivity contribution in [2.45, 2.75) is 13.1 Å². The fraction of sp³-hybridized carbons (Fsp3) is 0.174. The second-order valence-corrected chi connectivity index (χ2v) is 6.82. The van der Waals surface area contributed by atoms with Crippen molar-refractivity contribution in [3.05, 3.63) is 95.3 Å². The number of benzene rings is 3. The molecule has 144 valence electrons. The number of amides is 1. The summed E-state index contributed by atoms with van der Waals surface area (Å²) in [6, 6.07) is 20.8. The van der Waals surface area contributed by atoms with Gasteiger partial charge in [0.2, 0.25) is 0 Å². The number of nitrogens with one attached hydrogen (secondary N) is 1. The van der Waals surface area contributed by atoms with Crippen LogP contribution in [0.25, 0.3) is 0 Å². The van der Waals surface area contributed by atoms with Gasteiger partial charge in [0, 0.05) is 18.7 Å². The lowest BCUT2D eigenvalue weighted by atomic mass is 10.1. The lowest BCUT2D eigenvalue weighted by Crippen LogP contribution is -2.22. The van der Waals surface area contributed by atoms with Crippen LogP contribution in [-0.2, 0) is 13.1 Å². The third kappa shape index (κ3) is 5.66. The zero-order valence-electron chi connectivity index (χ0n) is 16.0. The molecule has 3 rings (SSSR count). The second-order valence-electron chi connectivity index (χ2n) is 6.82. The summed E-state index contributed by atoms with van der Waals surface area (Å²) in [5.41, 5.74) is 2.83. The van der Waals surface area contributed by atoms with E-state index in [1.54, 1.807) is 36.4 Å². The van der Waals surface area contributed by atoms with E-state index >= 15 is 0 Å². The maximum atomic E-state index is 12.9. The molecule has 4 nitrogen and oxygen atoms in total. The molecule has 0 spiro atoms. The summed E-state index contributed by atoms with van der Waals surface area (Å²) in [5.74, 6) is 0.661. The Morgan fingerprint density at radius 1 is 0.857 bits per heavy atom. The first-order chi connectivity index (χ1) is 13.5. The number of hydrogen-bond acceptors (Lipinski definition) is 3. The molecule has 0 aliphatic rings. The van der Waals surface area contributed by atoms with Gasteiger partial charge in [0.05, 0.1) is 0 Å². The summed E-state index contributed by atoms with van der Waals surface area (Å²) in [7, 11) is 4.06. The molecule has 0 fully saturated rings. The number of halogens is 1. The second kappa shape index (κ2) is 9.15. The molecular weight excluding hydrogens is 355 g/mol. The van der Waals surface area contributed by atoms with Crippen LogP contribution < -0.4 is 10.1 Å². The van der Waals surface area contributed by atoms with E-state index < -0.39 is 0 Å². The summed E-state index contributed by atoms with van der Waals surface area (Å²) in [4.78, 5) is 14.4. The fourth-order valence-corrected chi connectivity index (χ4v) is 2.73. The minimum Gasteiger partial charge on any atom is -0.457 e. The third-order valence-electron chi connectivity index (χ3n) is 4.14. The van der Waals surface area contributed by atoms with Gasteiger partial charge in [0.25, 0.3) is 5.91 Å². The maximum Gasteiger partial charge on any atom is 0.251 e. The molecular formula is C23H23FN2O2. The van der Waals surface area contributed by atoms with Crippen molar-refractivity contribution in [3.63, 3.8) is 0 Å². The van der Waals surface area contributed by atoms with Crippen molar-refractivity contribution in [3.8, 4) is 11.5 Å². The van der Waals surface area contributed by atoms with E-state index in [-0.39, 0.29) is 11.7 Å². The first-order valence-corrected chi connectivity index (χ1v) is 9.04. The van der Waals surface area contributed by atoms with E-state index in [1.165, 1.54) is 17.7 Å². The van der Waals surface area contributed by atoms with Crippen molar-refractivity contribution in [2.75, 3.05) is 14.1 Å². The number of carbonyl (C=O) groups excluding carboxylic acids is 1. The van der Waals surface area contributed by atoms with Gasteiger partial charge in [-0.3, -0.25) is 4.79 Å². The predicted octanol–water partition coefficient (Wildman–Crippen LogP) is 4.61. The fourth-order valence-electron chi connectivity index (χ4n) is 2.73. The first-order valence-electron chi connectivity index (χ1n) is 9.04. The molecule has 0 aliphatic heterocycles. The molecule has 0 unspecified atom stereocenters. The molecule has 0 aliphatic carbocycles. The lowest BCUT2D eigenvalue weighted by Gasteiger charge is -2.11. The Labute approximate surface area is 164 Å². The summed E-state index contributed by atoms with van der Waals surface area (Å²) in [5, 5.41) is 2.92. The van der Waals surface area contributed by atoms with E-state index in [9.17, 15) is 9.18 Å². The van der Waals surface area contributed by atoms with Gasteiger partial charge in [-0.25, -0.2) is 4.39 Å². The zero-order chi connectivity index (χ0) is 19.9. The molecule has 1 N–H and O–H groups in total. The Kier molecular flexibility index (Phi) is 6.40.